The Morgan fingerprint density at radius 2 is 1.72 bits per heavy atom. The molecule has 0 saturated heterocycles. The Labute approximate surface area is 166 Å². The number of aromatic nitrogens is 2. The summed E-state index contributed by atoms with van der Waals surface area (Å²) >= 11 is 1.19. The number of rotatable bonds is 3. The second-order valence-electron chi connectivity index (χ2n) is 6.33. The van der Waals surface area contributed by atoms with Gasteiger partial charge in [-0.2, -0.15) is 18.3 Å². The maximum Gasteiger partial charge on any atom is 0.416 e. The second kappa shape index (κ2) is 7.00. The second-order valence-corrected chi connectivity index (χ2v) is 7.36. The van der Waals surface area contributed by atoms with E-state index >= 15 is 0 Å². The van der Waals surface area contributed by atoms with E-state index in [0.717, 1.165) is 17.5 Å². The molecular weight excluding hydrogens is 406 g/mol. The summed E-state index contributed by atoms with van der Waals surface area (Å²) in [6, 6.07) is 11.7. The topological polar surface area (TPSA) is 46.9 Å². The van der Waals surface area contributed by atoms with Gasteiger partial charge in [0.2, 0.25) is 0 Å². The number of hydrogen-bond acceptors (Lipinski definition) is 3. The number of carbonyl (C=O) groups excluding carboxylic acids is 1. The van der Waals surface area contributed by atoms with Gasteiger partial charge in [0.1, 0.15) is 10.6 Å². The molecule has 0 atom stereocenters. The highest BCUT2D eigenvalue weighted by Gasteiger charge is 2.30. The van der Waals surface area contributed by atoms with E-state index in [1.165, 1.54) is 35.6 Å². The minimum absolute atomic E-state index is 0.261. The zero-order valence-corrected chi connectivity index (χ0v) is 15.7. The molecule has 0 bridgehead atoms. The highest BCUT2D eigenvalue weighted by atomic mass is 32.1. The summed E-state index contributed by atoms with van der Waals surface area (Å²) in [4.78, 5) is 13.7. The summed E-state index contributed by atoms with van der Waals surface area (Å²) in [7, 11) is 0. The summed E-state index contributed by atoms with van der Waals surface area (Å²) in [5.41, 5.74) is 0.833. The number of nitrogens with one attached hydrogen (secondary N) is 1. The van der Waals surface area contributed by atoms with Crippen LogP contribution in [0.1, 0.15) is 20.9 Å². The lowest BCUT2D eigenvalue weighted by molar-refractivity contribution is -0.137. The molecule has 0 aliphatic rings. The first-order valence-electron chi connectivity index (χ1n) is 8.46. The fraction of sp³-hybridized carbons (Fsp3) is 0.100. The van der Waals surface area contributed by atoms with Gasteiger partial charge in [-0.15, -0.1) is 11.3 Å². The Hall–Kier alpha value is -3.20. The van der Waals surface area contributed by atoms with E-state index in [2.05, 4.69) is 10.4 Å². The van der Waals surface area contributed by atoms with Crippen molar-refractivity contribution < 1.29 is 22.4 Å². The van der Waals surface area contributed by atoms with Gasteiger partial charge in [-0.3, -0.25) is 4.79 Å². The van der Waals surface area contributed by atoms with Crippen LogP contribution in [0.5, 0.6) is 0 Å². The number of fused-ring (bicyclic) bond motifs is 1. The van der Waals surface area contributed by atoms with Gasteiger partial charge in [-0.1, -0.05) is 0 Å². The summed E-state index contributed by atoms with van der Waals surface area (Å²) in [6.07, 6.45) is -4.43. The summed E-state index contributed by atoms with van der Waals surface area (Å²) < 4.78 is 52.8. The van der Waals surface area contributed by atoms with Gasteiger partial charge in [0.25, 0.3) is 5.91 Å². The van der Waals surface area contributed by atoms with E-state index in [1.807, 2.05) is 0 Å². The van der Waals surface area contributed by atoms with E-state index in [1.54, 1.807) is 29.8 Å². The van der Waals surface area contributed by atoms with Crippen LogP contribution in [-0.4, -0.2) is 15.7 Å². The number of hydrogen-bond donors (Lipinski definition) is 1. The number of carbonyl (C=O) groups is 1. The van der Waals surface area contributed by atoms with Gasteiger partial charge >= 0.3 is 6.18 Å². The number of alkyl halides is 3. The Kier molecular flexibility index (Phi) is 4.62. The molecule has 29 heavy (non-hydrogen) atoms. The van der Waals surface area contributed by atoms with Crippen molar-refractivity contribution in [1.82, 2.24) is 9.78 Å². The van der Waals surface area contributed by atoms with Crippen LogP contribution in [0.25, 0.3) is 15.9 Å². The number of benzene rings is 2. The zero-order chi connectivity index (χ0) is 20.8. The van der Waals surface area contributed by atoms with Crippen molar-refractivity contribution in [3.63, 3.8) is 0 Å². The van der Waals surface area contributed by atoms with Crippen molar-refractivity contribution >= 4 is 33.1 Å². The normalized spacial score (nSPS) is 11.8. The van der Waals surface area contributed by atoms with Gasteiger partial charge in [0, 0.05) is 11.1 Å². The van der Waals surface area contributed by atoms with E-state index < -0.39 is 17.6 Å². The molecule has 2 heterocycles. The Morgan fingerprint density at radius 1 is 1.07 bits per heavy atom. The molecule has 4 aromatic rings. The van der Waals surface area contributed by atoms with Crippen molar-refractivity contribution in [2.45, 2.75) is 13.1 Å². The molecule has 0 unspecified atom stereocenters. The molecule has 1 amide bonds. The third-order valence-electron chi connectivity index (χ3n) is 4.31. The molecule has 2 aromatic carbocycles. The minimum atomic E-state index is -4.43. The first kappa shape index (κ1) is 19.1. The van der Waals surface area contributed by atoms with Gasteiger partial charge < -0.3 is 5.32 Å². The molecule has 4 nitrogen and oxygen atoms in total. The van der Waals surface area contributed by atoms with Crippen molar-refractivity contribution in [1.29, 1.82) is 0 Å². The maximum atomic E-state index is 13.2. The molecule has 0 aliphatic carbocycles. The fourth-order valence-corrected chi connectivity index (χ4v) is 3.93. The van der Waals surface area contributed by atoms with Crippen LogP contribution >= 0.6 is 11.3 Å². The van der Waals surface area contributed by atoms with E-state index in [4.69, 9.17) is 0 Å². The lowest BCUT2D eigenvalue weighted by atomic mass is 10.2. The lowest BCUT2D eigenvalue weighted by Crippen LogP contribution is -2.11. The minimum Gasteiger partial charge on any atom is -0.321 e. The number of halogens is 4. The highest BCUT2D eigenvalue weighted by Crippen LogP contribution is 2.32. The van der Waals surface area contributed by atoms with Gasteiger partial charge in [0.15, 0.2) is 0 Å². The molecule has 2 aromatic heterocycles. The fourth-order valence-electron chi connectivity index (χ4n) is 2.85. The Morgan fingerprint density at radius 3 is 2.34 bits per heavy atom. The smallest absolute Gasteiger partial charge is 0.321 e. The average Bonchev–Trinajstić information content (AvgIpc) is 3.23. The SMILES string of the molecule is Cc1nn(-c2ccc(F)cc2)c2sc(C(=O)Nc3ccc(C(F)(F)F)cc3)cc12. The first-order chi connectivity index (χ1) is 13.7. The number of aryl methyl sites for hydroxylation is 1. The number of thiophene rings is 1. The maximum absolute atomic E-state index is 13.2. The van der Waals surface area contributed by atoms with E-state index in [-0.39, 0.29) is 11.5 Å². The predicted octanol–water partition coefficient (Wildman–Crippen LogP) is 5.81. The van der Waals surface area contributed by atoms with Crippen LogP contribution in [0.3, 0.4) is 0 Å². The van der Waals surface area contributed by atoms with E-state index in [0.29, 0.717) is 21.1 Å². The number of anilines is 1. The molecule has 4 rings (SSSR count). The monoisotopic (exact) mass is 419 g/mol. The van der Waals surface area contributed by atoms with Crippen LogP contribution in [0, 0.1) is 12.7 Å². The van der Waals surface area contributed by atoms with E-state index in [9.17, 15) is 22.4 Å². The van der Waals surface area contributed by atoms with Crippen LogP contribution in [0.2, 0.25) is 0 Å². The van der Waals surface area contributed by atoms with Crippen LogP contribution in [-0.2, 0) is 6.18 Å². The predicted molar refractivity (Wildman–Crippen MR) is 103 cm³/mol. The number of nitrogens with zero attached hydrogens (tertiary/aromatic N) is 2. The highest BCUT2D eigenvalue weighted by molar-refractivity contribution is 7.20. The number of amides is 1. The molecule has 0 spiro atoms. The average molecular weight is 419 g/mol. The lowest BCUT2D eigenvalue weighted by Gasteiger charge is -2.08. The standard InChI is InChI=1S/C20H13F4N3OS/c1-11-16-10-17(18(28)25-14-6-2-12(3-7-14)20(22,23)24)29-19(16)27(26-11)15-8-4-13(21)5-9-15/h2-10H,1H3,(H,25,28). The summed E-state index contributed by atoms with van der Waals surface area (Å²) in [5.74, 6) is -0.798. The zero-order valence-electron chi connectivity index (χ0n) is 14.9. The van der Waals surface area contributed by atoms with Crippen LogP contribution < -0.4 is 5.32 Å². The van der Waals surface area contributed by atoms with Crippen molar-refractivity contribution in [3.05, 3.63) is 76.5 Å². The Bertz CT molecular complexity index is 1190. The third-order valence-corrected chi connectivity index (χ3v) is 5.42. The van der Waals surface area contributed by atoms with Crippen molar-refractivity contribution in [3.8, 4) is 5.69 Å². The molecule has 0 fully saturated rings. The molecule has 0 saturated carbocycles. The molecule has 9 heteroatoms. The van der Waals surface area contributed by atoms with Gasteiger partial charge in [-0.25, -0.2) is 9.07 Å². The van der Waals surface area contributed by atoms with Gasteiger partial charge in [0.05, 0.1) is 21.8 Å². The molecule has 0 radical (unpaired) electrons. The largest absolute Gasteiger partial charge is 0.416 e. The van der Waals surface area contributed by atoms with Crippen LogP contribution in [0.4, 0.5) is 23.2 Å². The quantitative estimate of drug-likeness (QED) is 0.426. The molecule has 0 aliphatic heterocycles. The molecule has 148 valence electrons. The molecule has 1 N–H and O–H groups in total. The van der Waals surface area contributed by atoms with Crippen molar-refractivity contribution in [2.75, 3.05) is 5.32 Å². The third kappa shape index (κ3) is 3.73. The summed E-state index contributed by atoms with van der Waals surface area (Å²) in [6.45, 7) is 1.80. The van der Waals surface area contributed by atoms with Gasteiger partial charge in [-0.05, 0) is 61.5 Å². The Balaban J connectivity index is 1.62. The summed E-state index contributed by atoms with van der Waals surface area (Å²) in [5, 5.41) is 7.81. The van der Waals surface area contributed by atoms with Crippen molar-refractivity contribution in [2.24, 2.45) is 0 Å². The molecular formula is C20H13F4N3OS. The first-order valence-corrected chi connectivity index (χ1v) is 9.28. The van der Waals surface area contributed by atoms with Crippen LogP contribution in [0.15, 0.2) is 54.6 Å².